The molecule has 1 aliphatic rings. The molecule has 2 rings (SSSR count). The average molecular weight is 291 g/mol. The molecule has 0 radical (unpaired) electrons. The molecule has 2 nitrogen and oxygen atoms in total. The molecule has 1 aliphatic heterocycles. The van der Waals surface area contributed by atoms with E-state index in [2.05, 4.69) is 66.2 Å². The summed E-state index contributed by atoms with van der Waals surface area (Å²) in [5, 5.41) is 15.2. The van der Waals surface area contributed by atoms with E-state index in [1.165, 1.54) is 11.1 Å². The summed E-state index contributed by atoms with van der Waals surface area (Å²) in [7, 11) is -1.38. The fraction of sp³-hybridized carbons (Fsp3) is 0.412. The zero-order valence-electron chi connectivity index (χ0n) is 12.6. The molecule has 0 saturated heterocycles. The van der Waals surface area contributed by atoms with Gasteiger partial charge in [-0.15, -0.1) is 10.2 Å². The molecular weight excluding hydrogens is 266 g/mol. The van der Waals surface area contributed by atoms with Crippen LogP contribution in [0.25, 0.3) is 5.57 Å². The highest BCUT2D eigenvalue weighted by atomic mass is 32.3. The Morgan fingerprint density at radius 1 is 1.10 bits per heavy atom. The molecule has 1 heterocycles. The van der Waals surface area contributed by atoms with Gasteiger partial charge in [-0.05, 0) is 34.4 Å². The van der Waals surface area contributed by atoms with E-state index in [1.54, 1.807) is 0 Å². The van der Waals surface area contributed by atoms with Crippen molar-refractivity contribution in [1.82, 2.24) is 4.31 Å². The monoisotopic (exact) mass is 291 g/mol. The van der Waals surface area contributed by atoms with Crippen LogP contribution in [0.3, 0.4) is 0 Å². The van der Waals surface area contributed by atoms with Crippen molar-refractivity contribution >= 4 is 15.8 Å². The van der Waals surface area contributed by atoms with Crippen molar-refractivity contribution in [2.45, 2.75) is 32.6 Å². The Bertz CT molecular complexity index is 493. The molecule has 0 amide bonds. The lowest BCUT2D eigenvalue weighted by molar-refractivity contribution is 0.248. The second-order valence-corrected chi connectivity index (χ2v) is 7.96. The predicted octanol–water partition coefficient (Wildman–Crippen LogP) is 4.34. The third-order valence-corrected chi connectivity index (χ3v) is 7.65. The highest BCUT2D eigenvalue weighted by Crippen LogP contribution is 2.63. The number of allylic oxidation sites excluding steroid dienone is 2. The highest BCUT2D eigenvalue weighted by molar-refractivity contribution is 8.37. The summed E-state index contributed by atoms with van der Waals surface area (Å²) in [6.45, 7) is 8.33. The van der Waals surface area contributed by atoms with Gasteiger partial charge in [-0.3, -0.25) is 4.31 Å². The fourth-order valence-electron chi connectivity index (χ4n) is 2.70. The van der Waals surface area contributed by atoms with Gasteiger partial charge in [0.25, 0.3) is 0 Å². The van der Waals surface area contributed by atoms with E-state index < -0.39 is 10.2 Å². The zero-order valence-corrected chi connectivity index (χ0v) is 13.4. The van der Waals surface area contributed by atoms with Crippen molar-refractivity contribution in [2.24, 2.45) is 0 Å². The maximum Gasteiger partial charge on any atom is 0.102 e. The topological polar surface area (TPSA) is 23.5 Å². The number of hydrogen-bond acceptors (Lipinski definition) is 2. The first-order valence-corrected chi connectivity index (χ1v) is 9.16. The molecule has 2 atom stereocenters. The van der Waals surface area contributed by atoms with Crippen molar-refractivity contribution in [3.8, 4) is 0 Å². The summed E-state index contributed by atoms with van der Waals surface area (Å²) < 4.78 is 2.41. The Hall–Kier alpha value is -1.03. The lowest BCUT2D eigenvalue weighted by atomic mass is 10.1. The van der Waals surface area contributed by atoms with E-state index in [0.29, 0.717) is 0 Å². The Kier molecular flexibility index (Phi) is 5.08. The smallest absolute Gasteiger partial charge is 0.102 e. The van der Waals surface area contributed by atoms with E-state index in [4.69, 9.17) is 0 Å². The zero-order chi connectivity index (χ0) is 14.6. The van der Waals surface area contributed by atoms with Crippen LogP contribution in [-0.2, 0) is 0 Å². The van der Waals surface area contributed by atoms with Crippen LogP contribution in [0.1, 0.15) is 32.8 Å². The fourth-order valence-corrected chi connectivity index (χ4v) is 6.20. The minimum Gasteiger partial charge on any atom is -0.382 e. The number of hydrogen-bond donors (Lipinski definition) is 1. The molecule has 1 N–H and O–H groups in total. The maximum absolute atomic E-state index is 10.6. The van der Waals surface area contributed by atoms with Crippen LogP contribution in [0.5, 0.6) is 0 Å². The van der Waals surface area contributed by atoms with Crippen LogP contribution in [0.15, 0.2) is 47.2 Å². The largest absolute Gasteiger partial charge is 0.382 e. The standard InChI is InChI=1S/C17H25NOS/c1-4-17(19)20(18(5-2)6-3)13-12-16(14-20)15-10-8-7-9-11-15/h7-14,17,19H,4-6H2,1-3H3. The Balaban J connectivity index is 2.41. The second-order valence-electron chi connectivity index (χ2n) is 4.94. The number of benzene rings is 1. The van der Waals surface area contributed by atoms with E-state index in [1.807, 2.05) is 6.07 Å². The first kappa shape index (κ1) is 15.4. The second kappa shape index (κ2) is 6.61. The lowest BCUT2D eigenvalue weighted by Gasteiger charge is -2.45. The van der Waals surface area contributed by atoms with Crippen molar-refractivity contribution < 1.29 is 5.11 Å². The molecule has 0 fully saturated rings. The lowest BCUT2D eigenvalue weighted by Crippen LogP contribution is -2.31. The van der Waals surface area contributed by atoms with Gasteiger partial charge in [0.1, 0.15) is 5.44 Å². The summed E-state index contributed by atoms with van der Waals surface area (Å²) in [4.78, 5) is 0. The third kappa shape index (κ3) is 2.71. The minimum absolute atomic E-state index is 0.292. The molecule has 20 heavy (non-hydrogen) atoms. The third-order valence-electron chi connectivity index (χ3n) is 3.83. The van der Waals surface area contributed by atoms with Crippen molar-refractivity contribution in [3.05, 3.63) is 52.8 Å². The molecular formula is C17H25NOS. The minimum atomic E-state index is -1.38. The molecule has 2 unspecified atom stereocenters. The van der Waals surface area contributed by atoms with Crippen molar-refractivity contribution in [2.75, 3.05) is 13.1 Å². The van der Waals surface area contributed by atoms with Gasteiger partial charge < -0.3 is 5.11 Å². The predicted molar refractivity (Wildman–Crippen MR) is 90.4 cm³/mol. The van der Waals surface area contributed by atoms with Crippen LogP contribution in [0.4, 0.5) is 0 Å². The van der Waals surface area contributed by atoms with Crippen LogP contribution in [0, 0.1) is 0 Å². The molecule has 0 aromatic heterocycles. The van der Waals surface area contributed by atoms with E-state index in [0.717, 1.165) is 19.5 Å². The van der Waals surface area contributed by atoms with Gasteiger partial charge >= 0.3 is 0 Å². The van der Waals surface area contributed by atoms with Crippen LogP contribution in [-0.4, -0.2) is 27.9 Å². The van der Waals surface area contributed by atoms with Gasteiger partial charge in [-0.1, -0.05) is 51.1 Å². The Morgan fingerprint density at radius 2 is 1.75 bits per heavy atom. The van der Waals surface area contributed by atoms with Crippen molar-refractivity contribution in [1.29, 1.82) is 0 Å². The van der Waals surface area contributed by atoms with Crippen LogP contribution in [0.2, 0.25) is 0 Å². The van der Waals surface area contributed by atoms with E-state index >= 15 is 0 Å². The Labute approximate surface area is 124 Å². The quantitative estimate of drug-likeness (QED) is 0.842. The molecule has 110 valence electrons. The molecule has 1 aromatic rings. The highest BCUT2D eigenvalue weighted by Gasteiger charge is 2.34. The van der Waals surface area contributed by atoms with Gasteiger partial charge in [0, 0.05) is 13.1 Å². The van der Waals surface area contributed by atoms with Gasteiger partial charge in [0.05, 0.1) is 0 Å². The summed E-state index contributed by atoms with van der Waals surface area (Å²) in [6, 6.07) is 10.4. The summed E-state index contributed by atoms with van der Waals surface area (Å²) >= 11 is 0. The normalized spacial score (nSPS) is 26.4. The molecule has 0 bridgehead atoms. The van der Waals surface area contributed by atoms with Gasteiger partial charge in [-0.25, -0.2) is 0 Å². The maximum atomic E-state index is 10.6. The van der Waals surface area contributed by atoms with E-state index in [9.17, 15) is 5.11 Å². The van der Waals surface area contributed by atoms with E-state index in [-0.39, 0.29) is 5.44 Å². The number of aliphatic hydroxyl groups is 1. The molecule has 0 aliphatic carbocycles. The number of rotatable bonds is 6. The van der Waals surface area contributed by atoms with Gasteiger partial charge in [0.2, 0.25) is 0 Å². The first-order valence-electron chi connectivity index (χ1n) is 7.38. The number of nitrogens with zero attached hydrogens (tertiary/aromatic N) is 1. The van der Waals surface area contributed by atoms with Crippen molar-refractivity contribution in [3.63, 3.8) is 0 Å². The van der Waals surface area contributed by atoms with Crippen LogP contribution >= 0.6 is 10.2 Å². The number of aliphatic hydroxyl groups excluding tert-OH is 1. The van der Waals surface area contributed by atoms with Gasteiger partial charge in [-0.2, -0.15) is 0 Å². The van der Waals surface area contributed by atoms with Crippen LogP contribution < -0.4 is 0 Å². The Morgan fingerprint density at radius 3 is 2.30 bits per heavy atom. The first-order chi connectivity index (χ1) is 9.67. The summed E-state index contributed by atoms with van der Waals surface area (Å²) in [5.74, 6) is 0. The average Bonchev–Trinajstić information content (AvgIpc) is 2.95. The molecule has 1 aromatic carbocycles. The summed E-state index contributed by atoms with van der Waals surface area (Å²) in [6.07, 6.45) is 2.97. The molecule has 0 saturated carbocycles. The van der Waals surface area contributed by atoms with Gasteiger partial charge in [0.15, 0.2) is 0 Å². The molecule has 3 heteroatoms. The molecule has 0 spiro atoms. The SMILES string of the molecule is CCC(O)S1(N(CC)CC)C=CC(c2ccccc2)=C1. The summed E-state index contributed by atoms with van der Waals surface area (Å²) in [5.41, 5.74) is 2.17.